The van der Waals surface area contributed by atoms with E-state index in [1.165, 1.54) is 0 Å². The molecule has 0 fully saturated rings. The summed E-state index contributed by atoms with van der Waals surface area (Å²) in [7, 11) is 0. The molecule has 1 heterocycles. The van der Waals surface area contributed by atoms with Crippen LogP contribution in [0.5, 0.6) is 0 Å². The van der Waals surface area contributed by atoms with Crippen molar-refractivity contribution >= 4 is 23.9 Å². The molecule has 0 aromatic carbocycles. The first-order valence-corrected chi connectivity index (χ1v) is 4.53. The van der Waals surface area contributed by atoms with E-state index in [0.29, 0.717) is 0 Å². The molecule has 36 valence electrons. The Bertz CT molecular complexity index is 182. The van der Waals surface area contributed by atoms with Gasteiger partial charge in [-0.15, -0.1) is 0 Å². The highest BCUT2D eigenvalue weighted by Gasteiger charge is 1.72. The van der Waals surface area contributed by atoms with Gasteiger partial charge in [0.2, 0.25) is 0 Å². The molecule has 0 aromatic heterocycles. The van der Waals surface area contributed by atoms with Crippen LogP contribution in [0.4, 0.5) is 0 Å². The highest BCUT2D eigenvalue weighted by atomic mass is 32.4. The van der Waals surface area contributed by atoms with Crippen LogP contribution in [0.15, 0.2) is 24.0 Å². The minimum absolute atomic E-state index is 0.301. The molecule has 1 unspecified atom stereocenters. The molecule has 0 nitrogen and oxygen atoms in total. The molecule has 7 heavy (non-hydrogen) atoms. The van der Waals surface area contributed by atoms with Gasteiger partial charge in [0.05, 0.1) is 0 Å². The van der Waals surface area contributed by atoms with Gasteiger partial charge >= 0.3 is 0 Å². The fraction of sp³-hybridized carbons (Fsp3) is 0. The van der Waals surface area contributed by atoms with Gasteiger partial charge in [-0.1, -0.05) is 30.0 Å². The van der Waals surface area contributed by atoms with Gasteiger partial charge in [-0.3, -0.25) is 0 Å². The first-order valence-electron chi connectivity index (χ1n) is 2.03. The molecule has 0 aromatic rings. The smallest absolute Gasteiger partial charge is 0.0284 e. The molecule has 1 aliphatic rings. The summed E-state index contributed by atoms with van der Waals surface area (Å²) in [5, 5.41) is 0. The summed E-state index contributed by atoms with van der Waals surface area (Å²) >= 11 is 4.96. The highest BCUT2D eigenvalue weighted by Crippen LogP contribution is 2.09. The Labute approximate surface area is 48.6 Å². The van der Waals surface area contributed by atoms with Crippen LogP contribution in [0, 0.1) is 0 Å². The molecular formula is C5H5PS. The lowest BCUT2D eigenvalue weighted by Crippen LogP contribution is -1.59. The third-order valence-corrected chi connectivity index (χ3v) is 2.35. The lowest BCUT2D eigenvalue weighted by molar-refractivity contribution is 2.06. The molecule has 0 aliphatic carbocycles. The fourth-order valence-corrected chi connectivity index (χ4v) is 1.44. The maximum absolute atomic E-state index is 4.96. The second-order valence-electron chi connectivity index (χ2n) is 1.24. The van der Waals surface area contributed by atoms with Gasteiger partial charge in [0.15, 0.2) is 0 Å². The van der Waals surface area contributed by atoms with Gasteiger partial charge in [-0.05, 0) is 17.9 Å². The van der Waals surface area contributed by atoms with Gasteiger partial charge in [-0.25, -0.2) is 0 Å². The van der Waals surface area contributed by atoms with Gasteiger partial charge < -0.3 is 0 Å². The maximum Gasteiger partial charge on any atom is -0.0284 e. The Morgan fingerprint density at radius 1 is 1.14 bits per heavy atom. The van der Waals surface area contributed by atoms with Crippen LogP contribution in [-0.4, -0.2) is 5.80 Å². The van der Waals surface area contributed by atoms with Crippen molar-refractivity contribution in [1.82, 2.24) is 0 Å². The molecule has 1 rings (SSSR count). The average molecular weight is 128 g/mol. The standard InChI is InChI=1S/C5H5PS/c7-6-4-2-1-3-5-6/h1-5H. The van der Waals surface area contributed by atoms with Crippen molar-refractivity contribution in [2.24, 2.45) is 0 Å². The van der Waals surface area contributed by atoms with E-state index in [-0.39, 0.29) is 6.32 Å². The molecule has 0 amide bonds. The summed E-state index contributed by atoms with van der Waals surface area (Å²) < 4.78 is 0. The van der Waals surface area contributed by atoms with Crippen LogP contribution in [0.2, 0.25) is 0 Å². The third kappa shape index (κ3) is 1.42. The predicted octanol–water partition coefficient (Wildman–Crippen LogP) is 1.82. The van der Waals surface area contributed by atoms with E-state index in [2.05, 4.69) is 0 Å². The SMILES string of the molecule is S=P1=CC=CC=C1. The Kier molecular flexibility index (Phi) is 1.61. The largest absolute Gasteiger partial charge is 0.0615 e. The summed E-state index contributed by atoms with van der Waals surface area (Å²) in [6, 6.07) is 0. The van der Waals surface area contributed by atoms with Crippen molar-refractivity contribution in [2.75, 3.05) is 0 Å². The van der Waals surface area contributed by atoms with E-state index >= 15 is 0 Å². The van der Waals surface area contributed by atoms with E-state index in [1.807, 2.05) is 29.8 Å². The van der Waals surface area contributed by atoms with E-state index in [9.17, 15) is 0 Å². The Balaban J connectivity index is 3.04. The van der Waals surface area contributed by atoms with Crippen LogP contribution >= 0.6 is 6.32 Å². The van der Waals surface area contributed by atoms with Crippen LogP contribution in [0.3, 0.4) is 0 Å². The summed E-state index contributed by atoms with van der Waals surface area (Å²) in [6.45, 7) is 0. The molecule has 0 saturated heterocycles. The maximum atomic E-state index is 4.96. The highest BCUT2D eigenvalue weighted by molar-refractivity contribution is 8.05. The Morgan fingerprint density at radius 2 is 2.00 bits per heavy atom. The van der Waals surface area contributed by atoms with Crippen LogP contribution < -0.4 is 0 Å². The fourth-order valence-electron chi connectivity index (χ4n) is 0.383. The van der Waals surface area contributed by atoms with Crippen LogP contribution in [0.25, 0.3) is 0 Å². The van der Waals surface area contributed by atoms with Crippen molar-refractivity contribution in [3.63, 3.8) is 0 Å². The molecule has 0 saturated carbocycles. The van der Waals surface area contributed by atoms with Crippen molar-refractivity contribution in [2.45, 2.75) is 0 Å². The van der Waals surface area contributed by atoms with Gasteiger partial charge in [-0.2, -0.15) is 0 Å². The molecule has 0 spiro atoms. The summed E-state index contributed by atoms with van der Waals surface area (Å²) in [5.74, 6) is 4.09. The number of hydrogen-bond donors (Lipinski definition) is 0. The molecule has 1 atom stereocenters. The average Bonchev–Trinajstić information content (AvgIpc) is 1.69. The van der Waals surface area contributed by atoms with Gasteiger partial charge in [0.1, 0.15) is 0 Å². The van der Waals surface area contributed by atoms with Crippen molar-refractivity contribution in [3.8, 4) is 0 Å². The quantitative estimate of drug-likeness (QED) is 0.448. The van der Waals surface area contributed by atoms with E-state index in [0.717, 1.165) is 0 Å². The minimum Gasteiger partial charge on any atom is -0.0615 e. The molecule has 0 bridgehead atoms. The lowest BCUT2D eigenvalue weighted by Gasteiger charge is -1.80. The Hall–Kier alpha value is -0.130. The van der Waals surface area contributed by atoms with Crippen molar-refractivity contribution < 1.29 is 0 Å². The summed E-state index contributed by atoms with van der Waals surface area (Å²) in [4.78, 5) is 0. The van der Waals surface area contributed by atoms with Crippen molar-refractivity contribution in [1.29, 1.82) is 0 Å². The molecule has 0 radical (unpaired) electrons. The predicted molar refractivity (Wildman–Crippen MR) is 38.6 cm³/mol. The topological polar surface area (TPSA) is 0 Å². The van der Waals surface area contributed by atoms with E-state index < -0.39 is 0 Å². The number of hydrogen-bond acceptors (Lipinski definition) is 1. The normalized spacial score (nSPS) is 22.0. The minimum atomic E-state index is -0.301. The zero-order chi connectivity index (χ0) is 5.11. The molecule has 0 N–H and O–H groups in total. The van der Waals surface area contributed by atoms with E-state index in [4.69, 9.17) is 11.8 Å². The first-order chi connectivity index (χ1) is 3.39. The molecular weight excluding hydrogens is 123 g/mol. The Morgan fingerprint density at radius 3 is 2.29 bits per heavy atom. The second-order valence-corrected chi connectivity index (χ2v) is 3.82. The van der Waals surface area contributed by atoms with Crippen LogP contribution in [0.1, 0.15) is 0 Å². The van der Waals surface area contributed by atoms with Crippen molar-refractivity contribution in [3.05, 3.63) is 24.0 Å². The summed E-state index contributed by atoms with van der Waals surface area (Å²) in [5.41, 5.74) is 0. The molecule has 1 aliphatic heterocycles. The lowest BCUT2D eigenvalue weighted by atomic mass is 10.5. The zero-order valence-electron chi connectivity index (χ0n) is 3.74. The summed E-state index contributed by atoms with van der Waals surface area (Å²) in [6.07, 6.45) is 5.69. The van der Waals surface area contributed by atoms with Crippen LogP contribution in [-0.2, 0) is 11.8 Å². The third-order valence-electron chi connectivity index (χ3n) is 0.688. The van der Waals surface area contributed by atoms with Gasteiger partial charge in [0, 0.05) is 0 Å². The van der Waals surface area contributed by atoms with E-state index in [1.54, 1.807) is 0 Å². The molecule has 2 heteroatoms. The monoisotopic (exact) mass is 128 g/mol. The zero-order valence-corrected chi connectivity index (χ0v) is 5.45. The second kappa shape index (κ2) is 2.25. The number of allylic oxidation sites excluding steroid dienone is 3. The first kappa shape index (κ1) is 5.02. The van der Waals surface area contributed by atoms with Gasteiger partial charge in [0.25, 0.3) is 0 Å². The number of rotatable bonds is 0.